The second-order valence-electron chi connectivity index (χ2n) is 5.80. The summed E-state index contributed by atoms with van der Waals surface area (Å²) in [6.07, 6.45) is 1.61. The molecule has 1 aromatic heterocycles. The molecule has 0 saturated carbocycles. The van der Waals surface area contributed by atoms with E-state index in [1.807, 2.05) is 6.92 Å². The SMILES string of the molecule is CCCc1cc(=O)[nH]c(SCC(=O)N(C)Cc2ccc(OC)c(F)c2)n1. The first-order valence-corrected chi connectivity index (χ1v) is 9.21. The van der Waals surface area contributed by atoms with Gasteiger partial charge >= 0.3 is 0 Å². The number of thioether (sulfide) groups is 1. The Balaban J connectivity index is 1.95. The fourth-order valence-electron chi connectivity index (χ4n) is 2.35. The number of carbonyl (C=O) groups is 1. The van der Waals surface area contributed by atoms with Crippen molar-refractivity contribution in [2.75, 3.05) is 19.9 Å². The van der Waals surface area contributed by atoms with E-state index in [1.165, 1.54) is 42.0 Å². The van der Waals surface area contributed by atoms with Gasteiger partial charge in [-0.15, -0.1) is 0 Å². The molecular weight excluding hydrogens is 357 g/mol. The van der Waals surface area contributed by atoms with E-state index in [9.17, 15) is 14.0 Å². The molecule has 1 heterocycles. The number of methoxy groups -OCH3 is 1. The lowest BCUT2D eigenvalue weighted by Crippen LogP contribution is -2.28. The topological polar surface area (TPSA) is 75.3 Å². The molecule has 8 heteroatoms. The predicted molar refractivity (Wildman–Crippen MR) is 99.0 cm³/mol. The maximum atomic E-state index is 13.7. The Bertz CT molecular complexity index is 826. The number of hydrogen-bond donors (Lipinski definition) is 1. The molecule has 2 aromatic rings. The highest BCUT2D eigenvalue weighted by Crippen LogP contribution is 2.19. The van der Waals surface area contributed by atoms with Crippen molar-refractivity contribution in [2.45, 2.75) is 31.5 Å². The van der Waals surface area contributed by atoms with Crippen molar-refractivity contribution in [3.8, 4) is 5.75 Å². The molecule has 0 spiro atoms. The van der Waals surface area contributed by atoms with Crippen LogP contribution >= 0.6 is 11.8 Å². The third-order valence-corrected chi connectivity index (χ3v) is 4.53. The van der Waals surface area contributed by atoms with Gasteiger partial charge in [0, 0.05) is 25.4 Å². The van der Waals surface area contributed by atoms with Crippen LogP contribution < -0.4 is 10.3 Å². The molecule has 1 aromatic carbocycles. The molecule has 6 nitrogen and oxygen atoms in total. The van der Waals surface area contributed by atoms with Crippen LogP contribution in [0.5, 0.6) is 5.75 Å². The fourth-order valence-corrected chi connectivity index (χ4v) is 3.18. The number of benzene rings is 1. The van der Waals surface area contributed by atoms with Gasteiger partial charge in [-0.25, -0.2) is 9.37 Å². The average molecular weight is 379 g/mol. The van der Waals surface area contributed by atoms with E-state index >= 15 is 0 Å². The van der Waals surface area contributed by atoms with Gasteiger partial charge < -0.3 is 14.6 Å². The van der Waals surface area contributed by atoms with Gasteiger partial charge in [0.05, 0.1) is 12.9 Å². The molecule has 140 valence electrons. The number of aromatic nitrogens is 2. The maximum Gasteiger partial charge on any atom is 0.251 e. The Labute approximate surface area is 155 Å². The van der Waals surface area contributed by atoms with Crippen LogP contribution in [0.2, 0.25) is 0 Å². The molecule has 1 N–H and O–H groups in total. The van der Waals surface area contributed by atoms with Gasteiger partial charge in [-0.1, -0.05) is 31.2 Å². The van der Waals surface area contributed by atoms with E-state index in [4.69, 9.17) is 4.74 Å². The number of halogens is 1. The second-order valence-corrected chi connectivity index (χ2v) is 6.76. The smallest absolute Gasteiger partial charge is 0.251 e. The Morgan fingerprint density at radius 3 is 2.81 bits per heavy atom. The largest absolute Gasteiger partial charge is 0.494 e. The normalized spacial score (nSPS) is 10.6. The van der Waals surface area contributed by atoms with E-state index in [0.29, 0.717) is 22.8 Å². The summed E-state index contributed by atoms with van der Waals surface area (Å²) in [7, 11) is 3.05. The van der Waals surface area contributed by atoms with E-state index in [-0.39, 0.29) is 29.5 Å². The first-order valence-electron chi connectivity index (χ1n) is 8.22. The first-order chi connectivity index (χ1) is 12.4. The number of nitrogens with one attached hydrogen (secondary N) is 1. The summed E-state index contributed by atoms with van der Waals surface area (Å²) in [5, 5.41) is 0.429. The number of aryl methyl sites for hydroxylation is 1. The van der Waals surface area contributed by atoms with E-state index in [2.05, 4.69) is 9.97 Å². The molecule has 0 atom stereocenters. The van der Waals surface area contributed by atoms with Crippen LogP contribution in [0.4, 0.5) is 4.39 Å². The van der Waals surface area contributed by atoms with Crippen LogP contribution in [0.1, 0.15) is 24.6 Å². The minimum absolute atomic E-state index is 0.133. The number of nitrogens with zero attached hydrogens (tertiary/aromatic N) is 2. The summed E-state index contributed by atoms with van der Waals surface area (Å²) >= 11 is 1.18. The average Bonchev–Trinajstić information content (AvgIpc) is 2.59. The summed E-state index contributed by atoms with van der Waals surface area (Å²) in [6.45, 7) is 2.29. The molecule has 26 heavy (non-hydrogen) atoms. The quantitative estimate of drug-likeness (QED) is 0.564. The number of rotatable bonds is 8. The van der Waals surface area contributed by atoms with Crippen molar-refractivity contribution < 1.29 is 13.9 Å². The molecule has 0 aliphatic carbocycles. The van der Waals surface area contributed by atoms with Gasteiger partial charge in [0.1, 0.15) is 0 Å². The predicted octanol–water partition coefficient (Wildman–Crippen LogP) is 2.62. The molecular formula is C18H22FN3O3S. The van der Waals surface area contributed by atoms with Gasteiger partial charge in [-0.3, -0.25) is 9.59 Å². The molecule has 0 radical (unpaired) electrons. The fraction of sp³-hybridized carbons (Fsp3) is 0.389. The Morgan fingerprint density at radius 1 is 1.38 bits per heavy atom. The minimum atomic E-state index is -0.463. The van der Waals surface area contributed by atoms with Crippen molar-refractivity contribution in [2.24, 2.45) is 0 Å². The number of carbonyl (C=O) groups excluding carboxylic acids is 1. The number of hydrogen-bond acceptors (Lipinski definition) is 5. The number of H-pyrrole nitrogens is 1. The van der Waals surface area contributed by atoms with Crippen molar-refractivity contribution in [3.05, 3.63) is 51.7 Å². The monoisotopic (exact) mass is 379 g/mol. The van der Waals surface area contributed by atoms with Gasteiger partial charge in [-0.05, 0) is 24.1 Å². The summed E-state index contributed by atoms with van der Waals surface area (Å²) in [4.78, 5) is 32.4. The van der Waals surface area contributed by atoms with Crippen LogP contribution in [0.15, 0.2) is 34.2 Å². The highest BCUT2D eigenvalue weighted by molar-refractivity contribution is 7.99. The van der Waals surface area contributed by atoms with Crippen molar-refractivity contribution in [1.82, 2.24) is 14.9 Å². The van der Waals surface area contributed by atoms with Crippen molar-refractivity contribution >= 4 is 17.7 Å². The van der Waals surface area contributed by atoms with Gasteiger partial charge in [0.15, 0.2) is 16.7 Å². The van der Waals surface area contributed by atoms with Gasteiger partial charge in [0.25, 0.3) is 5.56 Å². The highest BCUT2D eigenvalue weighted by atomic mass is 32.2. The lowest BCUT2D eigenvalue weighted by atomic mass is 10.2. The van der Waals surface area contributed by atoms with E-state index in [1.54, 1.807) is 13.1 Å². The number of ether oxygens (including phenoxy) is 1. The zero-order valence-corrected chi connectivity index (χ0v) is 15.9. The van der Waals surface area contributed by atoms with Crippen LogP contribution in [-0.2, 0) is 17.8 Å². The number of aromatic amines is 1. The first kappa shape index (κ1) is 20.0. The third kappa shape index (κ3) is 5.59. The maximum absolute atomic E-state index is 13.7. The Hall–Kier alpha value is -2.35. The molecule has 0 saturated heterocycles. The molecule has 0 aliphatic heterocycles. The lowest BCUT2D eigenvalue weighted by Gasteiger charge is -2.17. The summed E-state index contributed by atoms with van der Waals surface area (Å²) in [5.74, 6) is -0.307. The molecule has 2 rings (SSSR count). The van der Waals surface area contributed by atoms with Crippen molar-refractivity contribution in [1.29, 1.82) is 0 Å². The zero-order valence-electron chi connectivity index (χ0n) is 15.0. The molecule has 1 amide bonds. The van der Waals surface area contributed by atoms with Gasteiger partial charge in [0.2, 0.25) is 5.91 Å². The minimum Gasteiger partial charge on any atom is -0.494 e. The summed E-state index contributed by atoms with van der Waals surface area (Å²) in [5.41, 5.74) is 1.16. The van der Waals surface area contributed by atoms with E-state index in [0.717, 1.165) is 6.42 Å². The van der Waals surface area contributed by atoms with Crippen molar-refractivity contribution in [3.63, 3.8) is 0 Å². The number of amides is 1. The Morgan fingerprint density at radius 2 is 2.15 bits per heavy atom. The summed E-state index contributed by atoms with van der Waals surface area (Å²) in [6, 6.07) is 6.07. The Kier molecular flexibility index (Phi) is 7.20. The molecule has 0 unspecified atom stereocenters. The van der Waals surface area contributed by atoms with Gasteiger partial charge in [-0.2, -0.15) is 0 Å². The molecule has 0 fully saturated rings. The van der Waals surface area contributed by atoms with Crippen LogP contribution in [0.25, 0.3) is 0 Å². The van der Waals surface area contributed by atoms with Crippen LogP contribution in [0, 0.1) is 5.82 Å². The molecule has 0 bridgehead atoms. The van der Waals surface area contributed by atoms with Crippen LogP contribution in [-0.4, -0.2) is 40.7 Å². The standard InChI is InChI=1S/C18H22FN3O3S/c1-4-5-13-9-16(23)21-18(20-13)26-11-17(24)22(2)10-12-6-7-15(25-3)14(19)8-12/h6-9H,4-5,10-11H2,1-3H3,(H,20,21,23). The highest BCUT2D eigenvalue weighted by Gasteiger charge is 2.13. The van der Waals surface area contributed by atoms with E-state index < -0.39 is 5.82 Å². The third-order valence-electron chi connectivity index (χ3n) is 3.67. The zero-order chi connectivity index (χ0) is 19.1. The van der Waals surface area contributed by atoms with Crippen LogP contribution in [0.3, 0.4) is 0 Å². The lowest BCUT2D eigenvalue weighted by molar-refractivity contribution is -0.127. The second kappa shape index (κ2) is 9.38. The summed E-state index contributed by atoms with van der Waals surface area (Å²) < 4.78 is 18.6. The molecule has 0 aliphatic rings.